The number of anilines is 1. The number of carbonyl (C=O) groups excluding carboxylic acids is 1. The van der Waals surface area contributed by atoms with Crippen molar-refractivity contribution in [3.8, 4) is 0 Å². The molecular weight excluding hydrogens is 479 g/mol. The Kier molecular flexibility index (Phi) is 10.5. The SMILES string of the molecule is C=N/N=C(/Sc1ccc(Sc2ccc(F)cc2)c(C(=O)Nc2nc(C)cs2)n1)N(C)C.CC. The fourth-order valence-electron chi connectivity index (χ4n) is 2.28. The first-order valence-electron chi connectivity index (χ1n) is 9.92. The molecule has 0 bridgehead atoms. The maximum Gasteiger partial charge on any atom is 0.277 e. The van der Waals surface area contributed by atoms with Crippen LogP contribution in [0.5, 0.6) is 0 Å². The van der Waals surface area contributed by atoms with E-state index in [2.05, 4.69) is 32.2 Å². The first kappa shape index (κ1) is 26.5. The molecule has 1 aromatic carbocycles. The van der Waals surface area contributed by atoms with Crippen LogP contribution in [0.3, 0.4) is 0 Å². The van der Waals surface area contributed by atoms with Gasteiger partial charge in [-0.05, 0) is 55.1 Å². The number of aryl methyl sites for hydroxylation is 1. The van der Waals surface area contributed by atoms with Crippen LogP contribution < -0.4 is 5.32 Å². The predicted octanol–water partition coefficient (Wildman–Crippen LogP) is 6.04. The number of hydrogen-bond acceptors (Lipinski definition) is 8. The van der Waals surface area contributed by atoms with Gasteiger partial charge >= 0.3 is 0 Å². The summed E-state index contributed by atoms with van der Waals surface area (Å²) in [6, 6.07) is 9.66. The van der Waals surface area contributed by atoms with Gasteiger partial charge in [0.1, 0.15) is 16.5 Å². The van der Waals surface area contributed by atoms with Gasteiger partial charge in [-0.25, -0.2) is 14.4 Å². The fourth-order valence-corrected chi connectivity index (χ4v) is 4.60. The van der Waals surface area contributed by atoms with Gasteiger partial charge in [-0.15, -0.1) is 16.4 Å². The number of nitrogens with zero attached hydrogens (tertiary/aromatic N) is 5. The van der Waals surface area contributed by atoms with E-state index in [0.717, 1.165) is 10.6 Å². The number of thiazole rings is 1. The molecule has 3 aromatic rings. The Morgan fingerprint density at radius 3 is 2.42 bits per heavy atom. The van der Waals surface area contributed by atoms with E-state index in [1.807, 2.05) is 40.2 Å². The summed E-state index contributed by atoms with van der Waals surface area (Å²) in [5.74, 6) is -0.704. The topological polar surface area (TPSA) is 82.8 Å². The number of nitrogens with one attached hydrogen (secondary N) is 1. The molecule has 2 heterocycles. The van der Waals surface area contributed by atoms with E-state index in [0.29, 0.717) is 20.2 Å². The molecule has 0 radical (unpaired) electrons. The van der Waals surface area contributed by atoms with Crippen molar-refractivity contribution < 1.29 is 9.18 Å². The van der Waals surface area contributed by atoms with Gasteiger partial charge in [0.2, 0.25) is 0 Å². The molecule has 0 saturated carbocycles. The molecule has 33 heavy (non-hydrogen) atoms. The standard InChI is InChI=1S/C20H19FN6OS3.C2H6/c1-12-11-29-19(23-12)25-18(28)17-15(30-14-7-5-13(21)6-8-14)9-10-16(24-17)31-20(26-22-2)27(3)4;1-2/h5-11H,2H2,1,3-4H3,(H,23,25,28);1-2H3/b26-20+;. The van der Waals surface area contributed by atoms with Crippen LogP contribution in [0.2, 0.25) is 0 Å². The highest BCUT2D eigenvalue weighted by Gasteiger charge is 2.18. The maximum atomic E-state index is 13.3. The van der Waals surface area contributed by atoms with Crippen molar-refractivity contribution in [3.63, 3.8) is 0 Å². The van der Waals surface area contributed by atoms with E-state index in [1.165, 1.54) is 47.0 Å². The maximum absolute atomic E-state index is 13.3. The number of halogens is 1. The molecule has 0 spiro atoms. The Morgan fingerprint density at radius 2 is 1.85 bits per heavy atom. The minimum absolute atomic E-state index is 0.233. The summed E-state index contributed by atoms with van der Waals surface area (Å²) in [6.07, 6.45) is 0. The zero-order chi connectivity index (χ0) is 24.4. The summed E-state index contributed by atoms with van der Waals surface area (Å²) in [4.78, 5) is 25.1. The third-order valence-electron chi connectivity index (χ3n) is 3.66. The third kappa shape index (κ3) is 7.95. The van der Waals surface area contributed by atoms with Crippen LogP contribution in [0.1, 0.15) is 30.0 Å². The summed E-state index contributed by atoms with van der Waals surface area (Å²) in [6.45, 7) is 9.24. The van der Waals surface area contributed by atoms with E-state index in [9.17, 15) is 9.18 Å². The first-order chi connectivity index (χ1) is 15.9. The lowest BCUT2D eigenvalue weighted by Crippen LogP contribution is -2.19. The number of carbonyl (C=O) groups is 1. The molecule has 0 fully saturated rings. The molecule has 0 unspecified atom stereocenters. The van der Waals surface area contributed by atoms with Crippen molar-refractivity contribution in [3.05, 3.63) is 59.0 Å². The van der Waals surface area contributed by atoms with E-state index in [-0.39, 0.29) is 17.4 Å². The van der Waals surface area contributed by atoms with Gasteiger partial charge in [-0.3, -0.25) is 10.1 Å². The largest absolute Gasteiger partial charge is 0.356 e. The number of benzene rings is 1. The smallest absolute Gasteiger partial charge is 0.277 e. The monoisotopic (exact) mass is 504 g/mol. The molecule has 174 valence electrons. The summed E-state index contributed by atoms with van der Waals surface area (Å²) in [7, 11) is 3.66. The average molecular weight is 505 g/mol. The summed E-state index contributed by atoms with van der Waals surface area (Å²) < 4.78 is 13.3. The second-order valence-electron chi connectivity index (χ2n) is 6.32. The minimum Gasteiger partial charge on any atom is -0.356 e. The van der Waals surface area contributed by atoms with Gasteiger partial charge in [0.25, 0.3) is 5.91 Å². The van der Waals surface area contributed by atoms with Crippen molar-refractivity contribution in [2.24, 2.45) is 10.2 Å². The van der Waals surface area contributed by atoms with Crippen LogP contribution in [0, 0.1) is 12.7 Å². The number of aromatic nitrogens is 2. The van der Waals surface area contributed by atoms with Crippen molar-refractivity contribution in [2.45, 2.75) is 35.6 Å². The third-order valence-corrected chi connectivity index (χ3v) is 6.66. The van der Waals surface area contributed by atoms with Gasteiger partial charge < -0.3 is 4.90 Å². The van der Waals surface area contributed by atoms with Gasteiger partial charge in [-0.1, -0.05) is 25.6 Å². The number of amides is 1. The van der Waals surface area contributed by atoms with Crippen LogP contribution in [-0.2, 0) is 0 Å². The number of thioether (sulfide) groups is 1. The number of amidine groups is 1. The summed E-state index contributed by atoms with van der Waals surface area (Å²) in [5, 5.41) is 13.9. The van der Waals surface area contributed by atoms with Crippen molar-refractivity contribution in [2.75, 3.05) is 19.4 Å². The lowest BCUT2D eigenvalue weighted by Gasteiger charge is -2.14. The summed E-state index contributed by atoms with van der Waals surface area (Å²) >= 11 is 3.92. The van der Waals surface area contributed by atoms with Crippen molar-refractivity contribution >= 4 is 57.8 Å². The normalized spacial score (nSPS) is 10.8. The van der Waals surface area contributed by atoms with Gasteiger partial charge in [0.15, 0.2) is 10.3 Å². The first-order valence-corrected chi connectivity index (χ1v) is 12.4. The molecular formula is C22H25FN6OS3. The number of hydrogen-bond donors (Lipinski definition) is 1. The Morgan fingerprint density at radius 1 is 1.15 bits per heavy atom. The van der Waals surface area contributed by atoms with E-state index >= 15 is 0 Å². The molecule has 0 atom stereocenters. The highest BCUT2D eigenvalue weighted by Crippen LogP contribution is 2.32. The Hall–Kier alpha value is -2.76. The Labute approximate surface area is 205 Å². The highest BCUT2D eigenvalue weighted by molar-refractivity contribution is 8.13. The van der Waals surface area contributed by atoms with Crippen LogP contribution in [0.15, 0.2) is 66.8 Å². The second-order valence-corrected chi connectivity index (χ2v) is 9.28. The molecule has 0 aliphatic rings. The number of pyridine rings is 1. The molecule has 0 aliphatic carbocycles. The van der Waals surface area contributed by atoms with Gasteiger partial charge in [0, 0.05) is 36.0 Å². The van der Waals surface area contributed by atoms with Crippen molar-refractivity contribution in [1.29, 1.82) is 0 Å². The molecule has 0 saturated heterocycles. The predicted molar refractivity (Wildman–Crippen MR) is 137 cm³/mol. The zero-order valence-electron chi connectivity index (χ0n) is 19.0. The quantitative estimate of drug-likeness (QED) is 0.191. The number of rotatable bonds is 6. The molecule has 3 rings (SSSR count). The van der Waals surface area contributed by atoms with Crippen molar-refractivity contribution in [1.82, 2.24) is 14.9 Å². The van der Waals surface area contributed by atoms with Crippen LogP contribution >= 0.6 is 34.9 Å². The minimum atomic E-state index is -0.383. The van der Waals surface area contributed by atoms with Crippen LogP contribution in [-0.4, -0.2) is 46.8 Å². The molecule has 7 nitrogen and oxygen atoms in total. The zero-order valence-corrected chi connectivity index (χ0v) is 21.4. The molecule has 1 amide bonds. The van der Waals surface area contributed by atoms with Gasteiger partial charge in [-0.2, -0.15) is 5.10 Å². The Bertz CT molecular complexity index is 1120. The molecule has 11 heteroatoms. The fraction of sp³-hybridized carbons (Fsp3) is 0.227. The lowest BCUT2D eigenvalue weighted by atomic mass is 10.3. The molecule has 2 aromatic heterocycles. The Balaban J connectivity index is 0.00000187. The lowest BCUT2D eigenvalue weighted by molar-refractivity contribution is 0.101. The van der Waals surface area contributed by atoms with E-state index in [1.54, 1.807) is 29.2 Å². The van der Waals surface area contributed by atoms with Gasteiger partial charge in [0.05, 0.1) is 5.69 Å². The second kappa shape index (κ2) is 13.1. The van der Waals surface area contributed by atoms with Crippen LogP contribution in [0.4, 0.5) is 9.52 Å². The van der Waals surface area contributed by atoms with E-state index in [4.69, 9.17) is 0 Å². The average Bonchev–Trinajstić information content (AvgIpc) is 3.21. The highest BCUT2D eigenvalue weighted by atomic mass is 32.2. The molecule has 1 N–H and O–H groups in total. The summed E-state index contributed by atoms with van der Waals surface area (Å²) in [5.41, 5.74) is 1.05. The van der Waals surface area contributed by atoms with E-state index < -0.39 is 0 Å². The van der Waals surface area contributed by atoms with Crippen LogP contribution in [0.25, 0.3) is 0 Å². The molecule has 0 aliphatic heterocycles.